The maximum atomic E-state index is 12.7. The Morgan fingerprint density at radius 3 is 2.57 bits per heavy atom. The lowest BCUT2D eigenvalue weighted by atomic mass is 10.1. The molecule has 2 aromatic carbocycles. The van der Waals surface area contributed by atoms with Crippen molar-refractivity contribution in [3.63, 3.8) is 0 Å². The minimum Gasteiger partial charge on any atom is -0.506 e. The van der Waals surface area contributed by atoms with Gasteiger partial charge in [-0.3, -0.25) is 4.79 Å². The van der Waals surface area contributed by atoms with E-state index in [1.54, 1.807) is 42.5 Å². The smallest absolute Gasteiger partial charge is 0.228 e. The predicted molar refractivity (Wildman–Crippen MR) is 84.4 cm³/mol. The fourth-order valence-electron chi connectivity index (χ4n) is 2.48. The molecule has 6 nitrogen and oxygen atoms in total. The predicted octanol–water partition coefficient (Wildman–Crippen LogP) is 1.33. The van der Waals surface area contributed by atoms with Crippen LogP contribution in [0.5, 0.6) is 5.75 Å². The minimum atomic E-state index is -1.03. The van der Waals surface area contributed by atoms with Crippen molar-refractivity contribution in [2.45, 2.75) is 12.6 Å². The van der Waals surface area contributed by atoms with Gasteiger partial charge in [0.05, 0.1) is 24.8 Å². The summed E-state index contributed by atoms with van der Waals surface area (Å²) in [6.07, 6.45) is -1.03. The molecule has 1 aromatic heterocycles. The van der Waals surface area contributed by atoms with E-state index in [0.29, 0.717) is 11.1 Å². The van der Waals surface area contributed by atoms with Crippen molar-refractivity contribution in [1.29, 1.82) is 0 Å². The van der Waals surface area contributed by atoms with E-state index >= 15 is 0 Å². The van der Waals surface area contributed by atoms with Crippen molar-refractivity contribution < 1.29 is 20.1 Å². The molecule has 3 N–H and O–H groups in total. The van der Waals surface area contributed by atoms with Crippen LogP contribution in [0.3, 0.4) is 0 Å². The van der Waals surface area contributed by atoms with Crippen LogP contribution in [0.4, 0.5) is 0 Å². The van der Waals surface area contributed by atoms with E-state index in [0.717, 1.165) is 0 Å². The van der Waals surface area contributed by atoms with Gasteiger partial charge in [0.2, 0.25) is 5.78 Å². The van der Waals surface area contributed by atoms with Crippen molar-refractivity contribution in [1.82, 2.24) is 9.55 Å². The molecule has 0 aliphatic carbocycles. The average Bonchev–Trinajstić information content (AvgIpc) is 2.95. The quantitative estimate of drug-likeness (QED) is 0.618. The van der Waals surface area contributed by atoms with Crippen LogP contribution in [0.1, 0.15) is 16.2 Å². The first-order valence-corrected chi connectivity index (χ1v) is 7.18. The van der Waals surface area contributed by atoms with E-state index in [4.69, 9.17) is 5.11 Å². The standard InChI is InChI=1S/C17H16N2O4/c20-10-12(21)9-19-13-7-4-8-14(22)15(13)18-17(19)16(23)11-5-2-1-3-6-11/h1-8,12,20-22H,9-10H2. The van der Waals surface area contributed by atoms with E-state index in [9.17, 15) is 15.0 Å². The van der Waals surface area contributed by atoms with Gasteiger partial charge in [-0.2, -0.15) is 0 Å². The van der Waals surface area contributed by atoms with Crippen LogP contribution in [0, 0.1) is 0 Å². The van der Waals surface area contributed by atoms with Crippen molar-refractivity contribution in [2.75, 3.05) is 6.61 Å². The summed E-state index contributed by atoms with van der Waals surface area (Å²) in [5.74, 6) is -0.242. The summed E-state index contributed by atoms with van der Waals surface area (Å²) in [5.41, 5.74) is 1.27. The van der Waals surface area contributed by atoms with Crippen LogP contribution in [-0.4, -0.2) is 43.4 Å². The molecule has 3 rings (SSSR count). The second kappa shape index (κ2) is 6.20. The zero-order chi connectivity index (χ0) is 16.4. The Kier molecular flexibility index (Phi) is 4.10. The van der Waals surface area contributed by atoms with E-state index in [1.165, 1.54) is 10.6 Å². The first-order chi connectivity index (χ1) is 11.1. The summed E-state index contributed by atoms with van der Waals surface area (Å²) in [4.78, 5) is 17.0. The molecule has 1 atom stereocenters. The molecule has 3 aromatic rings. The number of hydrogen-bond acceptors (Lipinski definition) is 5. The molecule has 0 bridgehead atoms. The molecule has 0 aliphatic rings. The SMILES string of the molecule is O=C(c1ccccc1)c1nc2c(O)cccc2n1CC(O)CO. The zero-order valence-electron chi connectivity index (χ0n) is 12.3. The molecule has 0 radical (unpaired) electrons. The summed E-state index contributed by atoms with van der Waals surface area (Å²) >= 11 is 0. The summed E-state index contributed by atoms with van der Waals surface area (Å²) in [6, 6.07) is 13.5. The van der Waals surface area contributed by atoms with Crippen molar-refractivity contribution >= 4 is 16.8 Å². The van der Waals surface area contributed by atoms with Crippen LogP contribution in [0.2, 0.25) is 0 Å². The number of hydrogen-bond donors (Lipinski definition) is 3. The van der Waals surface area contributed by atoms with Gasteiger partial charge < -0.3 is 19.9 Å². The Bertz CT molecular complexity index is 842. The molecule has 0 saturated carbocycles. The number of fused-ring (bicyclic) bond motifs is 1. The second-order valence-corrected chi connectivity index (χ2v) is 5.22. The Morgan fingerprint density at radius 2 is 1.87 bits per heavy atom. The highest BCUT2D eigenvalue weighted by atomic mass is 16.3. The van der Waals surface area contributed by atoms with Crippen molar-refractivity contribution in [3.05, 3.63) is 59.9 Å². The maximum Gasteiger partial charge on any atom is 0.228 e. The molecule has 0 amide bonds. The number of aromatic hydroxyl groups is 1. The van der Waals surface area contributed by atoms with Crippen molar-refractivity contribution in [3.8, 4) is 5.75 Å². The summed E-state index contributed by atoms with van der Waals surface area (Å²) < 4.78 is 1.52. The number of phenols is 1. The third-order valence-electron chi connectivity index (χ3n) is 3.60. The van der Waals surface area contributed by atoms with Gasteiger partial charge >= 0.3 is 0 Å². The molecule has 0 saturated heterocycles. The number of aromatic nitrogens is 2. The summed E-state index contributed by atoms with van der Waals surface area (Å²) in [7, 11) is 0. The van der Waals surface area contributed by atoms with Gasteiger partial charge in [0.15, 0.2) is 5.82 Å². The number of aliphatic hydroxyl groups excluding tert-OH is 2. The van der Waals surface area contributed by atoms with Gasteiger partial charge in [-0.05, 0) is 12.1 Å². The molecular formula is C17H16N2O4. The van der Waals surface area contributed by atoms with Crippen molar-refractivity contribution in [2.24, 2.45) is 0 Å². The molecule has 1 unspecified atom stereocenters. The Hall–Kier alpha value is -2.70. The van der Waals surface area contributed by atoms with Gasteiger partial charge in [-0.1, -0.05) is 36.4 Å². The topological polar surface area (TPSA) is 95.6 Å². The number of aliphatic hydroxyl groups is 2. The molecule has 23 heavy (non-hydrogen) atoms. The van der Waals surface area contributed by atoms with Crippen LogP contribution >= 0.6 is 0 Å². The van der Waals surface area contributed by atoms with E-state index in [-0.39, 0.29) is 29.4 Å². The number of phenolic OH excluding ortho intramolecular Hbond substituents is 1. The van der Waals surface area contributed by atoms with Crippen LogP contribution < -0.4 is 0 Å². The van der Waals surface area contributed by atoms with Gasteiger partial charge in [-0.15, -0.1) is 0 Å². The summed E-state index contributed by atoms with van der Waals surface area (Å²) in [5, 5.41) is 28.8. The third-order valence-corrected chi connectivity index (χ3v) is 3.60. The lowest BCUT2D eigenvalue weighted by molar-refractivity contribution is 0.0804. The van der Waals surface area contributed by atoms with E-state index < -0.39 is 12.7 Å². The Balaban J connectivity index is 2.17. The number of carbonyl (C=O) groups is 1. The van der Waals surface area contributed by atoms with Gasteiger partial charge in [0.25, 0.3) is 0 Å². The Morgan fingerprint density at radius 1 is 1.13 bits per heavy atom. The molecule has 0 spiro atoms. The number of rotatable bonds is 5. The minimum absolute atomic E-state index is 0.00433. The lowest BCUT2D eigenvalue weighted by Gasteiger charge is -2.12. The van der Waals surface area contributed by atoms with Gasteiger partial charge in [0, 0.05) is 5.56 Å². The number of benzene rings is 2. The fraction of sp³-hybridized carbons (Fsp3) is 0.176. The zero-order valence-corrected chi connectivity index (χ0v) is 12.3. The number of ketones is 1. The molecule has 118 valence electrons. The van der Waals surface area contributed by atoms with Crippen LogP contribution in [0.15, 0.2) is 48.5 Å². The van der Waals surface area contributed by atoms with Crippen LogP contribution in [-0.2, 0) is 6.54 Å². The molecular weight excluding hydrogens is 296 g/mol. The molecule has 0 aliphatic heterocycles. The maximum absolute atomic E-state index is 12.7. The van der Waals surface area contributed by atoms with Crippen LogP contribution in [0.25, 0.3) is 11.0 Å². The monoisotopic (exact) mass is 312 g/mol. The van der Waals surface area contributed by atoms with E-state index in [1.807, 2.05) is 0 Å². The summed E-state index contributed by atoms with van der Waals surface area (Å²) in [6.45, 7) is -0.429. The second-order valence-electron chi connectivity index (χ2n) is 5.22. The molecule has 1 heterocycles. The highest BCUT2D eigenvalue weighted by Crippen LogP contribution is 2.26. The Labute approximate surface area is 132 Å². The average molecular weight is 312 g/mol. The molecule has 0 fully saturated rings. The number of para-hydroxylation sites is 1. The largest absolute Gasteiger partial charge is 0.506 e. The third kappa shape index (κ3) is 2.81. The fourth-order valence-corrected chi connectivity index (χ4v) is 2.48. The highest BCUT2D eigenvalue weighted by Gasteiger charge is 2.21. The van der Waals surface area contributed by atoms with E-state index in [2.05, 4.69) is 4.98 Å². The number of carbonyl (C=O) groups excluding carboxylic acids is 1. The normalized spacial score (nSPS) is 12.4. The van der Waals surface area contributed by atoms with Gasteiger partial charge in [-0.25, -0.2) is 4.98 Å². The number of imidazole rings is 1. The highest BCUT2D eigenvalue weighted by molar-refractivity contribution is 6.08. The first-order valence-electron chi connectivity index (χ1n) is 7.18. The molecule has 6 heteroatoms. The number of nitrogens with zero attached hydrogens (tertiary/aromatic N) is 2. The van der Waals surface area contributed by atoms with Gasteiger partial charge in [0.1, 0.15) is 11.3 Å². The lowest BCUT2D eigenvalue weighted by Crippen LogP contribution is -2.23. The first kappa shape index (κ1) is 15.2.